The Morgan fingerprint density at radius 3 is 2.29 bits per heavy atom. The summed E-state index contributed by atoms with van der Waals surface area (Å²) in [5.41, 5.74) is 14.4. The third-order valence-corrected chi connectivity index (χ3v) is 4.59. The van der Waals surface area contributed by atoms with Gasteiger partial charge in [0.2, 0.25) is 0 Å². The second-order valence-electron chi connectivity index (χ2n) is 6.60. The van der Waals surface area contributed by atoms with Crippen molar-refractivity contribution in [3.05, 3.63) is 54.1 Å². The maximum atomic E-state index is 6.17. The van der Waals surface area contributed by atoms with Crippen molar-refractivity contribution in [2.75, 3.05) is 31.1 Å². The van der Waals surface area contributed by atoms with E-state index in [4.69, 9.17) is 16.2 Å². The highest BCUT2D eigenvalue weighted by atomic mass is 16.5. The van der Waals surface area contributed by atoms with Crippen LogP contribution in [0.1, 0.15) is 24.8 Å². The molecule has 0 spiro atoms. The number of nitrogen functional groups attached to an aromatic ring is 2. The Kier molecular flexibility index (Phi) is 5.59. The van der Waals surface area contributed by atoms with Crippen molar-refractivity contribution in [2.45, 2.75) is 31.8 Å². The fourth-order valence-corrected chi connectivity index (χ4v) is 3.19. The van der Waals surface area contributed by atoms with E-state index in [2.05, 4.69) is 17.0 Å². The van der Waals surface area contributed by atoms with Gasteiger partial charge in [-0.15, -0.1) is 0 Å². The van der Waals surface area contributed by atoms with Gasteiger partial charge < -0.3 is 16.2 Å². The molecule has 1 fully saturated rings. The molecule has 128 valence electrons. The maximum absolute atomic E-state index is 6.17. The SMILES string of the molecule is Nc1ccc(CCN2CCCCC(Oc3ccc(N)cc3)C2)cc1. The van der Waals surface area contributed by atoms with Gasteiger partial charge in [-0.3, -0.25) is 4.90 Å². The number of hydrogen-bond acceptors (Lipinski definition) is 4. The van der Waals surface area contributed by atoms with Crippen LogP contribution in [0.2, 0.25) is 0 Å². The number of rotatable bonds is 5. The summed E-state index contributed by atoms with van der Waals surface area (Å²) in [5, 5.41) is 0. The third-order valence-electron chi connectivity index (χ3n) is 4.59. The van der Waals surface area contributed by atoms with E-state index in [1.807, 2.05) is 36.4 Å². The molecule has 24 heavy (non-hydrogen) atoms. The topological polar surface area (TPSA) is 64.5 Å². The minimum Gasteiger partial charge on any atom is -0.489 e. The maximum Gasteiger partial charge on any atom is 0.119 e. The second kappa shape index (κ2) is 8.06. The van der Waals surface area contributed by atoms with Crippen molar-refractivity contribution >= 4 is 11.4 Å². The quantitative estimate of drug-likeness (QED) is 0.828. The summed E-state index contributed by atoms with van der Waals surface area (Å²) in [5.74, 6) is 0.912. The summed E-state index contributed by atoms with van der Waals surface area (Å²) >= 11 is 0. The largest absolute Gasteiger partial charge is 0.489 e. The van der Waals surface area contributed by atoms with E-state index in [-0.39, 0.29) is 6.10 Å². The molecule has 1 saturated heterocycles. The Hall–Kier alpha value is -2.20. The molecular formula is C20H27N3O. The Balaban J connectivity index is 1.54. The van der Waals surface area contributed by atoms with Crippen LogP contribution in [0.5, 0.6) is 5.75 Å². The Morgan fingerprint density at radius 2 is 1.58 bits per heavy atom. The van der Waals surface area contributed by atoms with Crippen molar-refractivity contribution in [3.63, 3.8) is 0 Å². The van der Waals surface area contributed by atoms with E-state index < -0.39 is 0 Å². The molecule has 1 heterocycles. The standard InChI is InChI=1S/C20H27N3O/c21-17-6-4-16(5-7-17)12-14-23-13-2-1-3-20(15-23)24-19-10-8-18(22)9-11-19/h4-11,20H,1-3,12-15,21-22H2. The van der Waals surface area contributed by atoms with E-state index in [0.717, 1.165) is 49.6 Å². The summed E-state index contributed by atoms with van der Waals surface area (Å²) in [7, 11) is 0. The minimum atomic E-state index is 0.252. The number of nitrogens with two attached hydrogens (primary N) is 2. The van der Waals surface area contributed by atoms with Crippen LogP contribution in [-0.4, -0.2) is 30.6 Å². The Labute approximate surface area is 144 Å². The zero-order valence-electron chi connectivity index (χ0n) is 14.2. The monoisotopic (exact) mass is 325 g/mol. The molecular weight excluding hydrogens is 298 g/mol. The first kappa shape index (κ1) is 16.7. The number of nitrogens with zero attached hydrogens (tertiary/aromatic N) is 1. The Morgan fingerprint density at radius 1 is 0.917 bits per heavy atom. The molecule has 0 bridgehead atoms. The molecule has 0 saturated carbocycles. The van der Waals surface area contributed by atoms with Gasteiger partial charge in [-0.05, 0) is 74.2 Å². The van der Waals surface area contributed by atoms with Crippen molar-refractivity contribution in [1.29, 1.82) is 0 Å². The fourth-order valence-electron chi connectivity index (χ4n) is 3.19. The molecule has 1 aliphatic heterocycles. The molecule has 1 atom stereocenters. The first-order valence-corrected chi connectivity index (χ1v) is 8.78. The number of anilines is 2. The summed E-state index contributed by atoms with van der Waals surface area (Å²) in [6.07, 6.45) is 4.88. The van der Waals surface area contributed by atoms with Gasteiger partial charge >= 0.3 is 0 Å². The lowest BCUT2D eigenvalue weighted by atomic mass is 10.1. The normalized spacial score (nSPS) is 18.9. The number of ether oxygens (including phenoxy) is 1. The van der Waals surface area contributed by atoms with E-state index in [0.29, 0.717) is 0 Å². The van der Waals surface area contributed by atoms with Crippen LogP contribution in [0.25, 0.3) is 0 Å². The van der Waals surface area contributed by atoms with E-state index in [9.17, 15) is 0 Å². The van der Waals surface area contributed by atoms with Crippen LogP contribution >= 0.6 is 0 Å². The zero-order chi connectivity index (χ0) is 16.8. The molecule has 1 aliphatic rings. The van der Waals surface area contributed by atoms with Gasteiger partial charge in [-0.25, -0.2) is 0 Å². The molecule has 1 unspecified atom stereocenters. The Bertz CT molecular complexity index is 624. The van der Waals surface area contributed by atoms with Crippen molar-refractivity contribution in [3.8, 4) is 5.75 Å². The van der Waals surface area contributed by atoms with Crippen molar-refractivity contribution in [1.82, 2.24) is 4.90 Å². The van der Waals surface area contributed by atoms with Gasteiger partial charge in [-0.1, -0.05) is 12.1 Å². The molecule has 3 rings (SSSR count). The molecule has 4 nitrogen and oxygen atoms in total. The lowest BCUT2D eigenvalue weighted by Gasteiger charge is -2.25. The molecule has 0 aliphatic carbocycles. The van der Waals surface area contributed by atoms with Crippen molar-refractivity contribution < 1.29 is 4.74 Å². The zero-order valence-corrected chi connectivity index (χ0v) is 14.2. The van der Waals surface area contributed by atoms with Crippen LogP contribution in [0, 0.1) is 0 Å². The number of hydrogen-bond donors (Lipinski definition) is 2. The summed E-state index contributed by atoms with van der Waals surface area (Å²) in [6.45, 7) is 3.20. The molecule has 0 radical (unpaired) electrons. The van der Waals surface area contributed by atoms with Gasteiger partial charge in [0.1, 0.15) is 11.9 Å². The molecule has 4 N–H and O–H groups in total. The predicted octanol–water partition coefficient (Wildman–Crippen LogP) is 3.33. The van der Waals surface area contributed by atoms with Crippen LogP contribution in [0.3, 0.4) is 0 Å². The number of benzene rings is 2. The predicted molar refractivity (Wildman–Crippen MR) is 100 cm³/mol. The first-order chi connectivity index (χ1) is 11.7. The number of likely N-dealkylation sites (tertiary alicyclic amines) is 1. The van der Waals surface area contributed by atoms with Gasteiger partial charge in [0.15, 0.2) is 0 Å². The lowest BCUT2D eigenvalue weighted by molar-refractivity contribution is 0.142. The molecule has 2 aromatic rings. The smallest absolute Gasteiger partial charge is 0.119 e. The van der Waals surface area contributed by atoms with Gasteiger partial charge in [-0.2, -0.15) is 0 Å². The van der Waals surface area contributed by atoms with Crippen LogP contribution in [0.4, 0.5) is 11.4 Å². The van der Waals surface area contributed by atoms with Gasteiger partial charge in [0.05, 0.1) is 0 Å². The minimum absolute atomic E-state index is 0.252. The highest BCUT2D eigenvalue weighted by Gasteiger charge is 2.19. The van der Waals surface area contributed by atoms with Crippen LogP contribution < -0.4 is 16.2 Å². The molecule has 2 aromatic carbocycles. The third kappa shape index (κ3) is 4.90. The average molecular weight is 325 g/mol. The highest BCUT2D eigenvalue weighted by molar-refractivity contribution is 5.41. The average Bonchev–Trinajstić information content (AvgIpc) is 2.82. The van der Waals surface area contributed by atoms with Crippen LogP contribution in [-0.2, 0) is 6.42 Å². The van der Waals surface area contributed by atoms with Gasteiger partial charge in [0.25, 0.3) is 0 Å². The van der Waals surface area contributed by atoms with E-state index >= 15 is 0 Å². The molecule has 4 heteroatoms. The summed E-state index contributed by atoms with van der Waals surface area (Å²) in [4.78, 5) is 2.52. The summed E-state index contributed by atoms with van der Waals surface area (Å²) in [6, 6.07) is 15.9. The summed E-state index contributed by atoms with van der Waals surface area (Å²) < 4.78 is 6.17. The second-order valence-corrected chi connectivity index (χ2v) is 6.60. The van der Waals surface area contributed by atoms with Gasteiger partial charge in [0, 0.05) is 24.5 Å². The fraction of sp³-hybridized carbons (Fsp3) is 0.400. The lowest BCUT2D eigenvalue weighted by Crippen LogP contribution is -2.35. The molecule has 0 amide bonds. The first-order valence-electron chi connectivity index (χ1n) is 8.78. The molecule has 0 aromatic heterocycles. The van der Waals surface area contributed by atoms with Crippen molar-refractivity contribution in [2.24, 2.45) is 0 Å². The highest BCUT2D eigenvalue weighted by Crippen LogP contribution is 2.20. The van der Waals surface area contributed by atoms with Crippen LogP contribution in [0.15, 0.2) is 48.5 Å². The van der Waals surface area contributed by atoms with E-state index in [1.54, 1.807) is 0 Å². The van der Waals surface area contributed by atoms with E-state index in [1.165, 1.54) is 18.4 Å².